The molecule has 29 heavy (non-hydrogen) atoms. The fourth-order valence-electron chi connectivity index (χ4n) is 3.87. The molecule has 2 aromatic heterocycles. The Hall–Kier alpha value is -2.18. The quantitative estimate of drug-likeness (QED) is 0.553. The van der Waals surface area contributed by atoms with Crippen LogP contribution in [0.1, 0.15) is 58.1 Å². The van der Waals surface area contributed by atoms with Crippen molar-refractivity contribution in [2.45, 2.75) is 52.0 Å². The highest BCUT2D eigenvalue weighted by atomic mass is 35.5. The van der Waals surface area contributed by atoms with Crippen molar-refractivity contribution in [1.82, 2.24) is 14.9 Å². The van der Waals surface area contributed by atoms with E-state index >= 15 is 0 Å². The van der Waals surface area contributed by atoms with Crippen LogP contribution in [0.15, 0.2) is 34.9 Å². The van der Waals surface area contributed by atoms with E-state index < -0.39 is 0 Å². The van der Waals surface area contributed by atoms with E-state index in [4.69, 9.17) is 16.0 Å². The molecule has 1 aliphatic heterocycles. The maximum Gasteiger partial charge on any atom is 0.228 e. The van der Waals surface area contributed by atoms with Gasteiger partial charge < -0.3 is 9.32 Å². The highest BCUT2D eigenvalue weighted by Gasteiger charge is 2.31. The van der Waals surface area contributed by atoms with Crippen LogP contribution in [0.5, 0.6) is 0 Å². The Morgan fingerprint density at radius 1 is 1.34 bits per heavy atom. The highest BCUT2D eigenvalue weighted by Crippen LogP contribution is 2.32. The van der Waals surface area contributed by atoms with Crippen LogP contribution in [0.25, 0.3) is 0 Å². The minimum atomic E-state index is -0.0984. The molecule has 1 fully saturated rings. The van der Waals surface area contributed by atoms with Crippen LogP contribution < -0.4 is 0 Å². The largest absolute Gasteiger partial charge is 0.443 e. The number of thiazole rings is 1. The number of aromatic nitrogens is 2. The van der Waals surface area contributed by atoms with E-state index in [1.807, 2.05) is 43.0 Å². The number of halogens is 1. The van der Waals surface area contributed by atoms with Crippen molar-refractivity contribution in [3.8, 4) is 0 Å². The van der Waals surface area contributed by atoms with Gasteiger partial charge in [0, 0.05) is 22.9 Å². The first-order valence-electron chi connectivity index (χ1n) is 9.91. The second-order valence-electron chi connectivity index (χ2n) is 7.49. The zero-order valence-electron chi connectivity index (χ0n) is 16.7. The lowest BCUT2D eigenvalue weighted by molar-refractivity contribution is -0.134. The van der Waals surface area contributed by atoms with Crippen molar-refractivity contribution in [2.24, 2.45) is 0 Å². The van der Waals surface area contributed by atoms with Gasteiger partial charge in [0.25, 0.3) is 0 Å². The fraction of sp³-hybridized carbons (Fsp3) is 0.409. The number of likely N-dealkylation sites (tertiary alicyclic amines) is 1. The van der Waals surface area contributed by atoms with Crippen molar-refractivity contribution in [2.75, 3.05) is 6.54 Å². The second kappa shape index (κ2) is 8.67. The van der Waals surface area contributed by atoms with E-state index in [1.54, 1.807) is 17.5 Å². The molecule has 0 unspecified atom stereocenters. The summed E-state index contributed by atoms with van der Waals surface area (Å²) < 4.78 is 6.07. The molecule has 3 aromatic rings. The van der Waals surface area contributed by atoms with Crippen LogP contribution in [0.2, 0.25) is 5.02 Å². The number of nitrogens with zero attached hydrogens (tertiary/aromatic N) is 3. The molecule has 1 amide bonds. The number of hydrogen-bond donors (Lipinski definition) is 0. The molecule has 152 valence electrons. The monoisotopic (exact) mass is 429 g/mol. The van der Waals surface area contributed by atoms with Crippen LogP contribution in [-0.4, -0.2) is 27.3 Å². The van der Waals surface area contributed by atoms with E-state index in [0.29, 0.717) is 23.8 Å². The molecule has 3 heterocycles. The van der Waals surface area contributed by atoms with Gasteiger partial charge in [0.15, 0.2) is 0 Å². The molecule has 1 saturated heterocycles. The predicted octanol–water partition coefficient (Wildman–Crippen LogP) is 5.29. The molecule has 0 saturated carbocycles. The van der Waals surface area contributed by atoms with E-state index in [-0.39, 0.29) is 11.9 Å². The Bertz CT molecular complexity index is 1010. The lowest BCUT2D eigenvalue weighted by atomic mass is 10.0. The zero-order chi connectivity index (χ0) is 20.4. The number of hydrogen-bond acceptors (Lipinski definition) is 5. The normalized spacial score (nSPS) is 16.9. The number of piperidine rings is 1. The third-order valence-corrected chi connectivity index (χ3v) is 6.57. The summed E-state index contributed by atoms with van der Waals surface area (Å²) in [4.78, 5) is 25.0. The molecular weight excluding hydrogens is 406 g/mol. The SMILES string of the molecule is Cc1nc(C)c(CC(=O)N2CCCC[C@H]2c2ncc(Cc3cccc(Cl)c3)o2)s1. The maximum atomic E-state index is 13.1. The van der Waals surface area contributed by atoms with Crippen LogP contribution in [0.4, 0.5) is 0 Å². The third-order valence-electron chi connectivity index (χ3n) is 5.26. The van der Waals surface area contributed by atoms with Gasteiger partial charge in [0.2, 0.25) is 11.8 Å². The summed E-state index contributed by atoms with van der Waals surface area (Å²) in [5.74, 6) is 1.54. The summed E-state index contributed by atoms with van der Waals surface area (Å²) >= 11 is 7.68. The van der Waals surface area contributed by atoms with Gasteiger partial charge in [-0.25, -0.2) is 9.97 Å². The standard InChI is InChI=1S/C22H24ClN3O2S/c1-14-20(29-15(2)25-14)12-21(27)26-9-4-3-8-19(26)22-24-13-18(28-22)11-16-6-5-7-17(23)10-16/h5-7,10,13,19H,3-4,8-9,11-12H2,1-2H3/t19-/m0/s1. The number of carbonyl (C=O) groups excluding carboxylic acids is 1. The molecule has 0 spiro atoms. The first kappa shape index (κ1) is 20.1. The van der Waals surface area contributed by atoms with Gasteiger partial charge in [-0.15, -0.1) is 11.3 Å². The topological polar surface area (TPSA) is 59.2 Å². The summed E-state index contributed by atoms with van der Waals surface area (Å²) in [6.07, 6.45) is 5.75. The minimum absolute atomic E-state index is 0.0984. The Kier molecular flexibility index (Phi) is 6.01. The third kappa shape index (κ3) is 4.70. The Balaban J connectivity index is 1.49. The lowest BCUT2D eigenvalue weighted by Crippen LogP contribution is -2.39. The summed E-state index contributed by atoms with van der Waals surface area (Å²) in [5.41, 5.74) is 2.03. The number of rotatable bonds is 5. The molecule has 0 aliphatic carbocycles. The van der Waals surface area contributed by atoms with Crippen LogP contribution in [-0.2, 0) is 17.6 Å². The number of amides is 1. The maximum absolute atomic E-state index is 13.1. The first-order valence-corrected chi connectivity index (χ1v) is 11.1. The van der Waals surface area contributed by atoms with Gasteiger partial charge in [-0.2, -0.15) is 0 Å². The van der Waals surface area contributed by atoms with Crippen LogP contribution in [0.3, 0.4) is 0 Å². The average Bonchev–Trinajstić information content (AvgIpc) is 3.27. The van der Waals surface area contributed by atoms with Crippen LogP contribution >= 0.6 is 22.9 Å². The Morgan fingerprint density at radius 2 is 2.21 bits per heavy atom. The Morgan fingerprint density at radius 3 is 2.97 bits per heavy atom. The van der Waals surface area contributed by atoms with Gasteiger partial charge >= 0.3 is 0 Å². The molecule has 0 bridgehead atoms. The molecule has 1 aromatic carbocycles. The molecule has 0 N–H and O–H groups in total. The number of oxazole rings is 1. The van der Waals surface area contributed by atoms with E-state index in [1.165, 1.54) is 0 Å². The van der Waals surface area contributed by atoms with Crippen LogP contribution in [0, 0.1) is 13.8 Å². The van der Waals surface area contributed by atoms with Gasteiger partial charge in [0.05, 0.1) is 23.3 Å². The predicted molar refractivity (Wildman–Crippen MR) is 114 cm³/mol. The summed E-state index contributed by atoms with van der Waals surface area (Å²) in [5, 5.41) is 1.71. The lowest BCUT2D eigenvalue weighted by Gasteiger charge is -2.33. The average molecular weight is 430 g/mol. The molecule has 4 rings (SSSR count). The summed E-state index contributed by atoms with van der Waals surface area (Å²) in [7, 11) is 0. The van der Waals surface area contributed by atoms with E-state index in [0.717, 1.165) is 52.7 Å². The number of benzene rings is 1. The first-order chi connectivity index (χ1) is 14.0. The molecule has 5 nitrogen and oxygen atoms in total. The van der Waals surface area contributed by atoms with Gasteiger partial charge in [-0.3, -0.25) is 4.79 Å². The van der Waals surface area contributed by atoms with Gasteiger partial charge in [-0.05, 0) is 50.8 Å². The van der Waals surface area contributed by atoms with Crippen molar-refractivity contribution < 1.29 is 9.21 Å². The van der Waals surface area contributed by atoms with Crippen molar-refractivity contribution in [3.05, 3.63) is 68.3 Å². The molecule has 1 atom stereocenters. The highest BCUT2D eigenvalue weighted by molar-refractivity contribution is 7.11. The molecule has 7 heteroatoms. The molecule has 0 radical (unpaired) electrons. The second-order valence-corrected chi connectivity index (χ2v) is 9.21. The Labute approximate surface area is 179 Å². The zero-order valence-corrected chi connectivity index (χ0v) is 18.2. The van der Waals surface area contributed by atoms with Gasteiger partial charge in [0.1, 0.15) is 11.8 Å². The van der Waals surface area contributed by atoms with E-state index in [2.05, 4.69) is 9.97 Å². The van der Waals surface area contributed by atoms with E-state index in [9.17, 15) is 4.79 Å². The fourth-order valence-corrected chi connectivity index (χ4v) is 5.01. The van der Waals surface area contributed by atoms with Crippen molar-refractivity contribution >= 4 is 28.8 Å². The van der Waals surface area contributed by atoms with Gasteiger partial charge in [-0.1, -0.05) is 23.7 Å². The molecular formula is C22H24ClN3O2S. The smallest absolute Gasteiger partial charge is 0.228 e. The van der Waals surface area contributed by atoms with Crippen molar-refractivity contribution in [3.63, 3.8) is 0 Å². The van der Waals surface area contributed by atoms with Crippen molar-refractivity contribution in [1.29, 1.82) is 0 Å². The summed E-state index contributed by atoms with van der Waals surface area (Å²) in [6.45, 7) is 4.69. The number of aryl methyl sites for hydroxylation is 2. The molecule has 1 aliphatic rings. The summed E-state index contributed by atoms with van der Waals surface area (Å²) in [6, 6.07) is 7.64. The number of carbonyl (C=O) groups is 1. The minimum Gasteiger partial charge on any atom is -0.443 e.